The predicted molar refractivity (Wildman–Crippen MR) is 104 cm³/mol. The molecule has 9 heteroatoms. The number of piperidine rings is 1. The number of carbonyl (C=O) groups excluding carboxylic acids is 1. The van der Waals surface area contributed by atoms with Gasteiger partial charge in [-0.1, -0.05) is 0 Å². The van der Waals surface area contributed by atoms with Crippen molar-refractivity contribution in [1.82, 2.24) is 34.9 Å². The van der Waals surface area contributed by atoms with Crippen LogP contribution in [-0.2, 0) is 11.3 Å². The van der Waals surface area contributed by atoms with Gasteiger partial charge in [0.15, 0.2) is 0 Å². The highest BCUT2D eigenvalue weighted by molar-refractivity contribution is 5.92. The number of aromatic nitrogens is 6. The van der Waals surface area contributed by atoms with Crippen LogP contribution in [-0.4, -0.2) is 60.4 Å². The average Bonchev–Trinajstić information content (AvgIpc) is 3.43. The molecule has 1 aliphatic rings. The molecular formula is C19H24N8O. The molecule has 0 atom stereocenters. The molecule has 2 aromatic heterocycles. The molecule has 0 radical (unpaired) electrons. The Labute approximate surface area is 163 Å². The van der Waals surface area contributed by atoms with Crippen LogP contribution >= 0.6 is 0 Å². The van der Waals surface area contributed by atoms with Crippen LogP contribution in [0.4, 0.5) is 5.69 Å². The van der Waals surface area contributed by atoms with Gasteiger partial charge in [-0.05, 0) is 79.7 Å². The van der Waals surface area contributed by atoms with Crippen molar-refractivity contribution < 1.29 is 4.79 Å². The quantitative estimate of drug-likeness (QED) is 0.669. The second-order valence-corrected chi connectivity index (χ2v) is 7.03. The second kappa shape index (κ2) is 8.75. The molecule has 1 aliphatic heterocycles. The third-order valence-electron chi connectivity index (χ3n) is 5.13. The van der Waals surface area contributed by atoms with E-state index in [4.69, 9.17) is 0 Å². The molecule has 4 rings (SSSR count). The van der Waals surface area contributed by atoms with Crippen LogP contribution in [0.15, 0.2) is 49.1 Å². The van der Waals surface area contributed by atoms with Crippen LogP contribution in [0.2, 0.25) is 0 Å². The zero-order valence-electron chi connectivity index (χ0n) is 15.7. The van der Waals surface area contributed by atoms with E-state index in [0.29, 0.717) is 0 Å². The lowest BCUT2D eigenvalue weighted by atomic mass is 9.95. The first-order valence-corrected chi connectivity index (χ1v) is 9.62. The number of carbonyl (C=O) groups is 1. The van der Waals surface area contributed by atoms with Crippen molar-refractivity contribution >= 4 is 11.6 Å². The van der Waals surface area contributed by atoms with Gasteiger partial charge in [-0.3, -0.25) is 9.48 Å². The number of rotatable bonds is 7. The van der Waals surface area contributed by atoms with E-state index in [1.54, 1.807) is 4.68 Å². The lowest BCUT2D eigenvalue weighted by molar-refractivity contribution is -0.121. The second-order valence-electron chi connectivity index (χ2n) is 7.03. The fourth-order valence-electron chi connectivity index (χ4n) is 3.53. The molecule has 28 heavy (non-hydrogen) atoms. The molecule has 3 heterocycles. The third-order valence-corrected chi connectivity index (χ3v) is 5.13. The molecule has 0 spiro atoms. The maximum absolute atomic E-state index is 12.6. The van der Waals surface area contributed by atoms with Crippen LogP contribution in [0.3, 0.4) is 0 Å². The zero-order chi connectivity index (χ0) is 19.2. The largest absolute Gasteiger partial charge is 0.326 e. The van der Waals surface area contributed by atoms with Gasteiger partial charge in [0.2, 0.25) is 5.91 Å². The van der Waals surface area contributed by atoms with Crippen LogP contribution in [0.25, 0.3) is 5.69 Å². The fraction of sp³-hybridized carbons (Fsp3) is 0.421. The number of hydrogen-bond acceptors (Lipinski definition) is 6. The van der Waals surface area contributed by atoms with E-state index in [1.165, 1.54) is 6.33 Å². The van der Waals surface area contributed by atoms with E-state index >= 15 is 0 Å². The van der Waals surface area contributed by atoms with Gasteiger partial charge in [0.25, 0.3) is 0 Å². The topological polar surface area (TPSA) is 93.8 Å². The molecule has 0 saturated carbocycles. The van der Waals surface area contributed by atoms with E-state index in [2.05, 4.69) is 30.8 Å². The number of tetrazole rings is 1. The van der Waals surface area contributed by atoms with Crippen LogP contribution in [0, 0.1) is 5.92 Å². The lowest BCUT2D eigenvalue weighted by Crippen LogP contribution is -2.38. The highest BCUT2D eigenvalue weighted by Gasteiger charge is 2.24. The van der Waals surface area contributed by atoms with Crippen LogP contribution in [0.5, 0.6) is 0 Å². The minimum atomic E-state index is 0.0709. The third kappa shape index (κ3) is 4.61. The summed E-state index contributed by atoms with van der Waals surface area (Å²) in [5.74, 6) is 0.174. The smallest absolute Gasteiger partial charge is 0.227 e. The number of hydrogen-bond donors (Lipinski definition) is 1. The highest BCUT2D eigenvalue weighted by atomic mass is 16.1. The Morgan fingerprint density at radius 2 is 1.96 bits per heavy atom. The number of anilines is 1. The molecule has 0 unspecified atom stereocenters. The summed E-state index contributed by atoms with van der Waals surface area (Å²) in [6, 6.07) is 9.46. The van der Waals surface area contributed by atoms with Gasteiger partial charge in [0.05, 0.1) is 5.69 Å². The molecule has 0 aliphatic carbocycles. The van der Waals surface area contributed by atoms with Crippen molar-refractivity contribution in [3.05, 3.63) is 49.1 Å². The zero-order valence-corrected chi connectivity index (χ0v) is 15.7. The van der Waals surface area contributed by atoms with Gasteiger partial charge in [0.1, 0.15) is 6.33 Å². The molecule has 1 aromatic carbocycles. The van der Waals surface area contributed by atoms with Crippen molar-refractivity contribution in [3.8, 4) is 5.69 Å². The molecule has 3 aromatic rings. The maximum Gasteiger partial charge on any atom is 0.227 e. The summed E-state index contributed by atoms with van der Waals surface area (Å²) in [6.45, 7) is 3.92. The Morgan fingerprint density at radius 1 is 1.14 bits per heavy atom. The monoisotopic (exact) mass is 380 g/mol. The Morgan fingerprint density at radius 3 is 2.64 bits per heavy atom. The summed E-state index contributed by atoms with van der Waals surface area (Å²) in [5, 5.41) is 18.4. The first-order valence-electron chi connectivity index (χ1n) is 9.62. The number of likely N-dealkylation sites (tertiary alicyclic amines) is 1. The number of nitrogens with zero attached hydrogens (tertiary/aromatic N) is 7. The number of amides is 1. The predicted octanol–water partition coefficient (Wildman–Crippen LogP) is 1.60. The van der Waals surface area contributed by atoms with Gasteiger partial charge >= 0.3 is 0 Å². The summed E-state index contributed by atoms with van der Waals surface area (Å²) in [4.78, 5) is 15.0. The van der Waals surface area contributed by atoms with Crippen LogP contribution < -0.4 is 5.32 Å². The highest BCUT2D eigenvalue weighted by Crippen LogP contribution is 2.20. The molecule has 9 nitrogen and oxygen atoms in total. The average molecular weight is 380 g/mol. The van der Waals surface area contributed by atoms with E-state index in [9.17, 15) is 4.79 Å². The van der Waals surface area contributed by atoms with E-state index < -0.39 is 0 Å². The normalized spacial score (nSPS) is 15.6. The molecule has 1 fully saturated rings. The number of aryl methyl sites for hydroxylation is 1. The van der Waals surface area contributed by atoms with Gasteiger partial charge in [-0.2, -0.15) is 5.10 Å². The first kappa shape index (κ1) is 18.3. The molecule has 0 bridgehead atoms. The van der Waals surface area contributed by atoms with E-state index in [-0.39, 0.29) is 11.8 Å². The Hall–Kier alpha value is -3.07. The van der Waals surface area contributed by atoms with Gasteiger partial charge in [0, 0.05) is 30.5 Å². The van der Waals surface area contributed by atoms with Gasteiger partial charge in [-0.25, -0.2) is 4.68 Å². The molecular weight excluding hydrogens is 356 g/mol. The summed E-state index contributed by atoms with van der Waals surface area (Å²) >= 11 is 0. The lowest BCUT2D eigenvalue weighted by Gasteiger charge is -2.31. The van der Waals surface area contributed by atoms with Crippen molar-refractivity contribution in [2.24, 2.45) is 5.92 Å². The molecule has 1 amide bonds. The van der Waals surface area contributed by atoms with E-state index in [0.717, 1.165) is 56.8 Å². The van der Waals surface area contributed by atoms with E-state index in [1.807, 2.05) is 47.4 Å². The molecule has 1 N–H and O–H groups in total. The maximum atomic E-state index is 12.6. The number of nitrogens with one attached hydrogen (secondary N) is 1. The van der Waals surface area contributed by atoms with Crippen LogP contribution in [0.1, 0.15) is 19.3 Å². The van der Waals surface area contributed by atoms with Crippen molar-refractivity contribution in [1.29, 1.82) is 0 Å². The Bertz CT molecular complexity index is 852. The van der Waals surface area contributed by atoms with Gasteiger partial charge < -0.3 is 10.2 Å². The summed E-state index contributed by atoms with van der Waals surface area (Å²) in [7, 11) is 0. The summed E-state index contributed by atoms with van der Waals surface area (Å²) < 4.78 is 3.54. The van der Waals surface area contributed by atoms with Crippen molar-refractivity contribution in [2.45, 2.75) is 25.8 Å². The minimum Gasteiger partial charge on any atom is -0.326 e. The SMILES string of the molecule is O=C(Nc1ccc(-n2cnnn2)cc1)C1CCN(CCCn2cccn2)CC1. The minimum absolute atomic E-state index is 0.0709. The first-order chi connectivity index (χ1) is 13.8. The molecule has 1 saturated heterocycles. The van der Waals surface area contributed by atoms with Crippen molar-refractivity contribution in [2.75, 3.05) is 25.0 Å². The van der Waals surface area contributed by atoms with Gasteiger partial charge in [-0.15, -0.1) is 5.10 Å². The summed E-state index contributed by atoms with van der Waals surface area (Å²) in [5.41, 5.74) is 1.65. The Kier molecular flexibility index (Phi) is 5.72. The Balaban J connectivity index is 1.20. The molecule has 146 valence electrons. The standard InChI is InChI=1S/C19H24N8O/c28-19(22-17-3-5-18(6-4-17)27-15-20-23-24-27)16-7-13-25(14-8-16)10-2-12-26-11-1-9-21-26/h1,3-6,9,11,15-16H,2,7-8,10,12-14H2,(H,22,28). The number of benzene rings is 1. The van der Waals surface area contributed by atoms with Crippen molar-refractivity contribution in [3.63, 3.8) is 0 Å². The fourth-order valence-corrected chi connectivity index (χ4v) is 3.53. The summed E-state index contributed by atoms with van der Waals surface area (Å²) in [6.07, 6.45) is 8.21.